The third-order valence-corrected chi connectivity index (χ3v) is 6.09. The Bertz CT molecular complexity index is 939. The molecule has 0 saturated heterocycles. The van der Waals surface area contributed by atoms with Crippen LogP contribution in [0.4, 0.5) is 5.82 Å². The highest BCUT2D eigenvalue weighted by atomic mass is 32.1. The van der Waals surface area contributed by atoms with Crippen molar-refractivity contribution in [2.75, 3.05) is 31.7 Å². The van der Waals surface area contributed by atoms with Gasteiger partial charge in [-0.15, -0.1) is 11.3 Å². The van der Waals surface area contributed by atoms with Crippen molar-refractivity contribution in [2.45, 2.75) is 32.6 Å². The van der Waals surface area contributed by atoms with E-state index in [4.69, 9.17) is 9.84 Å². The number of nitrogens with one attached hydrogen (secondary N) is 1. The number of hydrogen-bond acceptors (Lipinski definition) is 6. The number of thiophene rings is 1. The number of aliphatic hydroxyl groups excluding tert-OH is 1. The molecule has 2 heterocycles. The van der Waals surface area contributed by atoms with E-state index >= 15 is 0 Å². The monoisotopic (exact) mass is 383 g/mol. The first-order valence-electron chi connectivity index (χ1n) is 9.56. The van der Waals surface area contributed by atoms with Crippen molar-refractivity contribution in [1.82, 2.24) is 9.97 Å². The molecule has 0 radical (unpaired) electrons. The number of benzene rings is 1. The van der Waals surface area contributed by atoms with Gasteiger partial charge in [-0.05, 0) is 49.3 Å². The number of hydrogen-bond donors (Lipinski definition) is 2. The van der Waals surface area contributed by atoms with Crippen molar-refractivity contribution >= 4 is 27.4 Å². The summed E-state index contributed by atoms with van der Waals surface area (Å²) < 4.78 is 5.35. The Kier molecular flexibility index (Phi) is 5.66. The Morgan fingerprint density at radius 3 is 2.85 bits per heavy atom. The zero-order valence-electron chi connectivity index (χ0n) is 15.6. The molecule has 0 fully saturated rings. The van der Waals surface area contributed by atoms with Crippen molar-refractivity contribution in [2.24, 2.45) is 0 Å². The van der Waals surface area contributed by atoms with Crippen LogP contribution in [0.15, 0.2) is 24.5 Å². The van der Waals surface area contributed by atoms with E-state index in [1.54, 1.807) is 17.7 Å². The van der Waals surface area contributed by atoms with Crippen LogP contribution in [0, 0.1) is 6.92 Å². The molecule has 0 saturated carbocycles. The van der Waals surface area contributed by atoms with Gasteiger partial charge in [0.25, 0.3) is 0 Å². The maximum atomic E-state index is 8.81. The lowest BCUT2D eigenvalue weighted by atomic mass is 9.89. The van der Waals surface area contributed by atoms with E-state index < -0.39 is 0 Å². The third-order valence-electron chi connectivity index (χ3n) is 5.08. The summed E-state index contributed by atoms with van der Waals surface area (Å²) >= 11 is 1.72. The summed E-state index contributed by atoms with van der Waals surface area (Å²) in [5, 5.41) is 13.3. The first-order chi connectivity index (χ1) is 13.3. The molecule has 6 heteroatoms. The van der Waals surface area contributed by atoms with Crippen LogP contribution in [-0.2, 0) is 17.6 Å². The van der Waals surface area contributed by atoms with Crippen LogP contribution in [0.2, 0.25) is 0 Å². The number of aromatic nitrogens is 2. The minimum atomic E-state index is 0.0456. The van der Waals surface area contributed by atoms with Gasteiger partial charge in [-0.2, -0.15) is 0 Å². The lowest BCUT2D eigenvalue weighted by Gasteiger charge is -2.17. The topological polar surface area (TPSA) is 67.3 Å². The fourth-order valence-corrected chi connectivity index (χ4v) is 4.84. The van der Waals surface area contributed by atoms with Crippen LogP contribution in [0.1, 0.15) is 28.8 Å². The molecule has 4 rings (SSSR count). The standard InChI is InChI=1S/C21H25N3O2S/c1-14-18(17-7-6-15-4-2-3-5-16(15)12-17)19-20(22-8-10-26-11-9-25)23-13-24-21(19)27-14/h6-7,12-13,25H,2-5,8-11H2,1H3,(H,22,23,24). The Labute approximate surface area is 163 Å². The number of anilines is 1. The second-order valence-corrected chi connectivity index (χ2v) is 8.09. The van der Waals surface area contributed by atoms with Crippen LogP contribution >= 0.6 is 11.3 Å². The normalized spacial score (nSPS) is 13.7. The molecule has 0 amide bonds. The molecular weight excluding hydrogens is 358 g/mol. The summed E-state index contributed by atoms with van der Waals surface area (Å²) in [7, 11) is 0. The first kappa shape index (κ1) is 18.3. The van der Waals surface area contributed by atoms with Gasteiger partial charge in [0.2, 0.25) is 0 Å². The fourth-order valence-electron chi connectivity index (χ4n) is 3.82. The quantitative estimate of drug-likeness (QED) is 0.605. The Balaban J connectivity index is 1.69. The number of aliphatic hydroxyl groups is 1. The summed E-state index contributed by atoms with van der Waals surface area (Å²) in [5.41, 5.74) is 5.48. The van der Waals surface area contributed by atoms with E-state index in [-0.39, 0.29) is 6.61 Å². The van der Waals surface area contributed by atoms with E-state index in [0.717, 1.165) is 16.0 Å². The minimum absolute atomic E-state index is 0.0456. The zero-order valence-corrected chi connectivity index (χ0v) is 16.4. The van der Waals surface area contributed by atoms with Crippen LogP contribution in [-0.4, -0.2) is 41.4 Å². The molecule has 5 nitrogen and oxygen atoms in total. The fraction of sp³-hybridized carbons (Fsp3) is 0.429. The highest BCUT2D eigenvalue weighted by Crippen LogP contribution is 2.41. The summed E-state index contributed by atoms with van der Waals surface area (Å²) in [6.07, 6.45) is 6.57. The summed E-state index contributed by atoms with van der Waals surface area (Å²) in [5.74, 6) is 0.852. The summed E-state index contributed by atoms with van der Waals surface area (Å²) in [6, 6.07) is 6.91. The predicted octanol–water partition coefficient (Wildman–Crippen LogP) is 3.97. The number of rotatable bonds is 7. The largest absolute Gasteiger partial charge is 0.394 e. The van der Waals surface area contributed by atoms with Gasteiger partial charge in [0.05, 0.1) is 25.2 Å². The zero-order chi connectivity index (χ0) is 18.6. The van der Waals surface area contributed by atoms with Gasteiger partial charge in [-0.25, -0.2) is 9.97 Å². The minimum Gasteiger partial charge on any atom is -0.394 e. The number of aryl methyl sites for hydroxylation is 3. The Hall–Kier alpha value is -2.02. The molecule has 27 heavy (non-hydrogen) atoms. The van der Waals surface area contributed by atoms with E-state index in [2.05, 4.69) is 40.4 Å². The number of ether oxygens (including phenoxy) is 1. The van der Waals surface area contributed by atoms with Crippen molar-refractivity contribution in [3.05, 3.63) is 40.5 Å². The van der Waals surface area contributed by atoms with E-state index in [9.17, 15) is 0 Å². The molecule has 142 valence electrons. The smallest absolute Gasteiger partial charge is 0.138 e. The van der Waals surface area contributed by atoms with E-state index in [1.165, 1.54) is 52.8 Å². The molecule has 2 N–H and O–H groups in total. The Morgan fingerprint density at radius 2 is 2.00 bits per heavy atom. The average Bonchev–Trinajstić information content (AvgIpc) is 3.04. The molecule has 0 aliphatic heterocycles. The maximum Gasteiger partial charge on any atom is 0.138 e. The van der Waals surface area contributed by atoms with Gasteiger partial charge < -0.3 is 15.2 Å². The molecule has 0 unspecified atom stereocenters. The van der Waals surface area contributed by atoms with Crippen molar-refractivity contribution in [3.8, 4) is 11.1 Å². The Morgan fingerprint density at radius 1 is 1.15 bits per heavy atom. The van der Waals surface area contributed by atoms with Gasteiger partial charge in [-0.1, -0.05) is 18.2 Å². The molecule has 0 spiro atoms. The van der Waals surface area contributed by atoms with Crippen molar-refractivity contribution < 1.29 is 9.84 Å². The lowest BCUT2D eigenvalue weighted by molar-refractivity contribution is 0.0992. The number of fused-ring (bicyclic) bond motifs is 2. The third kappa shape index (κ3) is 3.83. The molecule has 0 bridgehead atoms. The second-order valence-electron chi connectivity index (χ2n) is 6.89. The van der Waals surface area contributed by atoms with Gasteiger partial charge in [0.1, 0.15) is 17.0 Å². The van der Waals surface area contributed by atoms with E-state index in [1.807, 2.05) is 0 Å². The highest BCUT2D eigenvalue weighted by molar-refractivity contribution is 7.19. The molecule has 1 aliphatic carbocycles. The van der Waals surface area contributed by atoms with Crippen molar-refractivity contribution in [1.29, 1.82) is 0 Å². The molecular formula is C21H25N3O2S. The molecule has 2 aromatic heterocycles. The van der Waals surface area contributed by atoms with Crippen molar-refractivity contribution in [3.63, 3.8) is 0 Å². The molecule has 1 aliphatic rings. The first-order valence-corrected chi connectivity index (χ1v) is 10.4. The van der Waals surface area contributed by atoms with E-state index in [0.29, 0.717) is 19.8 Å². The van der Waals surface area contributed by atoms with Gasteiger partial charge in [0.15, 0.2) is 0 Å². The molecule has 0 atom stereocenters. The summed E-state index contributed by atoms with van der Waals surface area (Å²) in [6.45, 7) is 3.74. The van der Waals surface area contributed by atoms with Gasteiger partial charge >= 0.3 is 0 Å². The SMILES string of the molecule is Cc1sc2ncnc(NCCOCCO)c2c1-c1ccc2c(c1)CCCC2. The maximum absolute atomic E-state index is 8.81. The average molecular weight is 384 g/mol. The van der Waals surface area contributed by atoms with Gasteiger partial charge in [-0.3, -0.25) is 0 Å². The van der Waals surface area contributed by atoms with Crippen LogP contribution in [0.5, 0.6) is 0 Å². The van der Waals surface area contributed by atoms with Crippen LogP contribution < -0.4 is 5.32 Å². The number of nitrogens with zero attached hydrogens (tertiary/aromatic N) is 2. The highest BCUT2D eigenvalue weighted by Gasteiger charge is 2.18. The second kappa shape index (κ2) is 8.33. The molecule has 1 aromatic carbocycles. The predicted molar refractivity (Wildman–Crippen MR) is 111 cm³/mol. The summed E-state index contributed by atoms with van der Waals surface area (Å²) in [4.78, 5) is 11.3. The lowest BCUT2D eigenvalue weighted by Crippen LogP contribution is -2.12. The van der Waals surface area contributed by atoms with Gasteiger partial charge in [0, 0.05) is 17.0 Å². The van der Waals surface area contributed by atoms with Crippen LogP contribution in [0.3, 0.4) is 0 Å². The molecule has 3 aromatic rings. The van der Waals surface area contributed by atoms with Crippen LogP contribution in [0.25, 0.3) is 21.3 Å².